The summed E-state index contributed by atoms with van der Waals surface area (Å²) < 4.78 is 18.6. The molecule has 110 valence electrons. The highest BCUT2D eigenvalue weighted by Crippen LogP contribution is 2.18. The van der Waals surface area contributed by atoms with Gasteiger partial charge >= 0.3 is 5.97 Å². The Hall–Kier alpha value is -2.11. The van der Waals surface area contributed by atoms with Gasteiger partial charge in [-0.25, -0.2) is 9.18 Å². The Morgan fingerprint density at radius 2 is 2.05 bits per heavy atom. The molecule has 0 radical (unpaired) electrons. The zero-order valence-corrected chi connectivity index (χ0v) is 11.7. The van der Waals surface area contributed by atoms with Crippen molar-refractivity contribution in [1.29, 1.82) is 0 Å². The Morgan fingerprint density at radius 1 is 1.40 bits per heavy atom. The first kappa shape index (κ1) is 15.9. The molecule has 5 nitrogen and oxygen atoms in total. The van der Waals surface area contributed by atoms with Crippen molar-refractivity contribution >= 4 is 11.9 Å². The summed E-state index contributed by atoms with van der Waals surface area (Å²) in [6.45, 7) is 5.35. The van der Waals surface area contributed by atoms with E-state index in [1.807, 2.05) is 20.8 Å². The number of rotatable bonds is 6. The fourth-order valence-electron chi connectivity index (χ4n) is 1.40. The minimum absolute atomic E-state index is 0.153. The van der Waals surface area contributed by atoms with Crippen LogP contribution in [0.5, 0.6) is 5.75 Å². The summed E-state index contributed by atoms with van der Waals surface area (Å²) in [5, 5.41) is 11.4. The zero-order chi connectivity index (χ0) is 15.3. The number of aromatic carboxylic acids is 1. The Balaban J connectivity index is 2.62. The third-order valence-corrected chi connectivity index (χ3v) is 2.90. The van der Waals surface area contributed by atoms with Gasteiger partial charge in [-0.2, -0.15) is 0 Å². The maximum atomic E-state index is 13.5. The van der Waals surface area contributed by atoms with Gasteiger partial charge in [0.05, 0.1) is 5.56 Å². The molecule has 0 saturated heterocycles. The first-order valence-corrected chi connectivity index (χ1v) is 6.22. The van der Waals surface area contributed by atoms with Gasteiger partial charge in [0.2, 0.25) is 0 Å². The number of carbonyl (C=O) groups is 2. The van der Waals surface area contributed by atoms with Crippen LogP contribution in [0.1, 0.15) is 37.6 Å². The third-order valence-electron chi connectivity index (χ3n) is 2.90. The Morgan fingerprint density at radius 3 is 2.55 bits per heavy atom. The number of hydrogen-bond acceptors (Lipinski definition) is 3. The fourth-order valence-corrected chi connectivity index (χ4v) is 1.40. The quantitative estimate of drug-likeness (QED) is 0.839. The lowest BCUT2D eigenvalue weighted by Gasteiger charge is -2.24. The van der Waals surface area contributed by atoms with Crippen LogP contribution in [-0.4, -0.2) is 29.1 Å². The normalized spacial score (nSPS) is 11.0. The van der Waals surface area contributed by atoms with Crippen LogP contribution in [0, 0.1) is 5.82 Å². The van der Waals surface area contributed by atoms with Crippen molar-refractivity contribution in [3.63, 3.8) is 0 Å². The molecular formula is C14H18FNO4. The highest BCUT2D eigenvalue weighted by molar-refractivity contribution is 5.87. The van der Waals surface area contributed by atoms with Crippen LogP contribution in [0.15, 0.2) is 18.2 Å². The number of carbonyl (C=O) groups excluding carboxylic acids is 1. The Kier molecular flexibility index (Phi) is 5.07. The van der Waals surface area contributed by atoms with Crippen molar-refractivity contribution in [2.75, 3.05) is 6.61 Å². The fraction of sp³-hybridized carbons (Fsp3) is 0.429. The SMILES string of the molecule is CCC(C)(C)NC(=O)COc1ccc(C(=O)O)cc1F. The van der Waals surface area contributed by atoms with Crippen LogP contribution in [0.2, 0.25) is 0 Å². The summed E-state index contributed by atoms with van der Waals surface area (Å²) in [5.74, 6) is -2.55. The molecule has 0 aromatic heterocycles. The highest BCUT2D eigenvalue weighted by Gasteiger charge is 2.18. The molecule has 0 saturated carbocycles. The van der Waals surface area contributed by atoms with Gasteiger partial charge in [-0.15, -0.1) is 0 Å². The highest BCUT2D eigenvalue weighted by atomic mass is 19.1. The summed E-state index contributed by atoms with van der Waals surface area (Å²) in [6.07, 6.45) is 0.750. The van der Waals surface area contributed by atoms with E-state index in [1.165, 1.54) is 12.1 Å². The van der Waals surface area contributed by atoms with Crippen LogP contribution in [0.3, 0.4) is 0 Å². The molecule has 0 fully saturated rings. The average Bonchev–Trinajstić information content (AvgIpc) is 2.36. The van der Waals surface area contributed by atoms with E-state index in [0.29, 0.717) is 0 Å². The number of carboxylic acids is 1. The van der Waals surface area contributed by atoms with E-state index in [4.69, 9.17) is 9.84 Å². The van der Waals surface area contributed by atoms with Gasteiger partial charge in [-0.3, -0.25) is 4.79 Å². The Bertz CT molecular complexity index is 514. The molecule has 0 aliphatic rings. The first-order valence-electron chi connectivity index (χ1n) is 6.22. The summed E-state index contributed by atoms with van der Waals surface area (Å²) >= 11 is 0. The number of nitrogens with one attached hydrogen (secondary N) is 1. The average molecular weight is 283 g/mol. The third kappa shape index (κ3) is 4.53. The van der Waals surface area contributed by atoms with Crippen molar-refractivity contribution in [2.24, 2.45) is 0 Å². The van der Waals surface area contributed by atoms with Crippen molar-refractivity contribution in [2.45, 2.75) is 32.7 Å². The van der Waals surface area contributed by atoms with Gasteiger partial charge in [0.15, 0.2) is 18.2 Å². The lowest BCUT2D eigenvalue weighted by molar-refractivity contribution is -0.124. The molecule has 0 bridgehead atoms. The molecule has 0 atom stereocenters. The summed E-state index contributed by atoms with van der Waals surface area (Å²) in [7, 11) is 0. The summed E-state index contributed by atoms with van der Waals surface area (Å²) in [5.41, 5.74) is -0.530. The predicted octanol–water partition coefficient (Wildman–Crippen LogP) is 2.21. The molecule has 0 aliphatic heterocycles. The van der Waals surface area contributed by atoms with E-state index < -0.39 is 11.8 Å². The van der Waals surface area contributed by atoms with Crippen LogP contribution in [0.25, 0.3) is 0 Å². The minimum Gasteiger partial charge on any atom is -0.481 e. The van der Waals surface area contributed by atoms with Crippen LogP contribution in [-0.2, 0) is 4.79 Å². The van der Waals surface area contributed by atoms with E-state index in [1.54, 1.807) is 0 Å². The molecule has 1 rings (SSSR count). The number of carboxylic acid groups (broad SMARTS) is 1. The maximum absolute atomic E-state index is 13.5. The zero-order valence-electron chi connectivity index (χ0n) is 11.7. The first-order chi connectivity index (χ1) is 9.25. The standard InChI is InChI=1S/C14H18FNO4/c1-4-14(2,3)16-12(17)8-20-11-6-5-9(13(18)19)7-10(11)15/h5-7H,4,8H2,1-3H3,(H,16,17)(H,18,19). The van der Waals surface area contributed by atoms with Gasteiger partial charge in [0.25, 0.3) is 5.91 Å². The topological polar surface area (TPSA) is 75.6 Å². The molecule has 1 aromatic rings. The van der Waals surface area contributed by atoms with E-state index in [2.05, 4.69) is 5.32 Å². The number of benzene rings is 1. The second-order valence-electron chi connectivity index (χ2n) is 5.02. The number of halogens is 1. The monoisotopic (exact) mass is 283 g/mol. The maximum Gasteiger partial charge on any atom is 0.335 e. The molecule has 0 spiro atoms. The van der Waals surface area contributed by atoms with E-state index in [0.717, 1.165) is 12.5 Å². The van der Waals surface area contributed by atoms with E-state index in [-0.39, 0.29) is 29.4 Å². The molecule has 2 N–H and O–H groups in total. The second kappa shape index (κ2) is 6.36. The van der Waals surface area contributed by atoms with Crippen molar-refractivity contribution in [3.8, 4) is 5.75 Å². The molecule has 20 heavy (non-hydrogen) atoms. The minimum atomic E-state index is -1.22. The van der Waals surface area contributed by atoms with Crippen LogP contribution in [0.4, 0.5) is 4.39 Å². The molecule has 0 heterocycles. The molecular weight excluding hydrogens is 265 g/mol. The second-order valence-corrected chi connectivity index (χ2v) is 5.02. The molecule has 0 aliphatic carbocycles. The van der Waals surface area contributed by atoms with Crippen LogP contribution < -0.4 is 10.1 Å². The van der Waals surface area contributed by atoms with Crippen LogP contribution >= 0.6 is 0 Å². The predicted molar refractivity (Wildman–Crippen MR) is 71.4 cm³/mol. The van der Waals surface area contributed by atoms with Crippen molar-refractivity contribution in [3.05, 3.63) is 29.6 Å². The largest absolute Gasteiger partial charge is 0.481 e. The molecule has 1 aromatic carbocycles. The number of hydrogen-bond donors (Lipinski definition) is 2. The van der Waals surface area contributed by atoms with Crippen molar-refractivity contribution < 1.29 is 23.8 Å². The number of ether oxygens (including phenoxy) is 1. The van der Waals surface area contributed by atoms with Crippen molar-refractivity contribution in [1.82, 2.24) is 5.32 Å². The van der Waals surface area contributed by atoms with Gasteiger partial charge in [0, 0.05) is 5.54 Å². The van der Waals surface area contributed by atoms with Gasteiger partial charge in [-0.1, -0.05) is 6.92 Å². The lowest BCUT2D eigenvalue weighted by atomic mass is 10.0. The van der Waals surface area contributed by atoms with Gasteiger partial charge < -0.3 is 15.2 Å². The van der Waals surface area contributed by atoms with Gasteiger partial charge in [0.1, 0.15) is 0 Å². The molecule has 1 amide bonds. The smallest absolute Gasteiger partial charge is 0.335 e. The van der Waals surface area contributed by atoms with Gasteiger partial charge in [-0.05, 0) is 38.5 Å². The summed E-state index contributed by atoms with van der Waals surface area (Å²) in [4.78, 5) is 22.3. The summed E-state index contributed by atoms with van der Waals surface area (Å²) in [6, 6.07) is 3.26. The number of amides is 1. The van der Waals surface area contributed by atoms with E-state index >= 15 is 0 Å². The molecule has 0 unspecified atom stereocenters. The molecule has 6 heteroatoms. The lowest BCUT2D eigenvalue weighted by Crippen LogP contribution is -2.44. The Labute approximate surface area is 116 Å². The van der Waals surface area contributed by atoms with E-state index in [9.17, 15) is 14.0 Å².